The van der Waals surface area contributed by atoms with Crippen LogP contribution in [0.2, 0.25) is 0 Å². The Hall–Kier alpha value is -3.91. The predicted molar refractivity (Wildman–Crippen MR) is 137 cm³/mol. The minimum Gasteiger partial charge on any atom is -0.467 e. The number of furan rings is 1. The normalized spacial score (nSPS) is 18.7. The Morgan fingerprint density at radius 2 is 1.68 bits per heavy atom. The highest BCUT2D eigenvalue weighted by atomic mass is 16.5. The summed E-state index contributed by atoms with van der Waals surface area (Å²) in [6.07, 6.45) is 2.39. The van der Waals surface area contributed by atoms with Crippen molar-refractivity contribution in [3.8, 4) is 0 Å². The summed E-state index contributed by atoms with van der Waals surface area (Å²) in [7, 11) is 0. The molecule has 2 fully saturated rings. The molecule has 37 heavy (non-hydrogen) atoms. The van der Waals surface area contributed by atoms with Crippen LogP contribution >= 0.6 is 0 Å². The molecule has 0 aliphatic carbocycles. The minimum atomic E-state index is -0.960. The van der Waals surface area contributed by atoms with Crippen LogP contribution in [0.15, 0.2) is 71.3 Å². The van der Waals surface area contributed by atoms with Crippen LogP contribution in [0.1, 0.15) is 50.4 Å². The molecule has 8 nitrogen and oxygen atoms in total. The molecule has 3 heterocycles. The van der Waals surface area contributed by atoms with Gasteiger partial charge in [-0.15, -0.1) is 0 Å². The Morgan fingerprint density at radius 3 is 2.35 bits per heavy atom. The molecule has 1 aromatic heterocycles. The number of nitrogens with zero attached hydrogens (tertiary/aromatic N) is 2. The fourth-order valence-electron chi connectivity index (χ4n) is 5.13. The number of rotatable bonds is 5. The topological polar surface area (TPSA) is 92.1 Å². The first-order valence-corrected chi connectivity index (χ1v) is 12.6. The van der Waals surface area contributed by atoms with Crippen molar-refractivity contribution in [1.29, 1.82) is 0 Å². The van der Waals surface area contributed by atoms with Gasteiger partial charge in [-0.25, -0.2) is 0 Å². The van der Waals surface area contributed by atoms with E-state index >= 15 is 0 Å². The molecule has 3 amide bonds. The maximum atomic E-state index is 13.8. The highest BCUT2D eigenvalue weighted by molar-refractivity contribution is 5.98. The Labute approximate surface area is 216 Å². The van der Waals surface area contributed by atoms with Crippen molar-refractivity contribution >= 4 is 17.7 Å². The van der Waals surface area contributed by atoms with E-state index in [4.69, 9.17) is 9.15 Å². The summed E-state index contributed by atoms with van der Waals surface area (Å²) < 4.78 is 11.6. The van der Waals surface area contributed by atoms with E-state index < -0.39 is 11.8 Å². The van der Waals surface area contributed by atoms with Gasteiger partial charge in [0.15, 0.2) is 0 Å². The van der Waals surface area contributed by atoms with Crippen molar-refractivity contribution in [2.24, 2.45) is 0 Å². The minimum absolute atomic E-state index is 0.0410. The Bertz CT molecular complexity index is 1280. The molecule has 1 atom stereocenters. The molecule has 0 bridgehead atoms. The predicted octanol–water partition coefficient (Wildman–Crippen LogP) is 3.69. The maximum absolute atomic E-state index is 13.8. The van der Waals surface area contributed by atoms with Crippen molar-refractivity contribution in [2.45, 2.75) is 45.0 Å². The van der Waals surface area contributed by atoms with E-state index in [1.807, 2.05) is 50.2 Å². The van der Waals surface area contributed by atoms with Gasteiger partial charge in [-0.2, -0.15) is 0 Å². The summed E-state index contributed by atoms with van der Waals surface area (Å²) in [5, 5.41) is 2.88. The van der Waals surface area contributed by atoms with Crippen molar-refractivity contribution in [3.05, 3.63) is 94.9 Å². The third-order valence-electron chi connectivity index (χ3n) is 7.19. The van der Waals surface area contributed by atoms with Crippen LogP contribution in [-0.4, -0.2) is 59.0 Å². The number of piperidine rings is 1. The van der Waals surface area contributed by atoms with Gasteiger partial charge in [0.2, 0.25) is 5.91 Å². The van der Waals surface area contributed by atoms with Crippen molar-refractivity contribution < 1.29 is 23.5 Å². The molecule has 2 aromatic carbocycles. The lowest BCUT2D eigenvalue weighted by molar-refractivity contribution is -0.128. The number of aryl methyl sites for hydroxylation is 2. The second-order valence-electron chi connectivity index (χ2n) is 9.77. The van der Waals surface area contributed by atoms with Gasteiger partial charge in [0.25, 0.3) is 11.8 Å². The Morgan fingerprint density at radius 1 is 0.919 bits per heavy atom. The third kappa shape index (κ3) is 5.02. The summed E-state index contributed by atoms with van der Waals surface area (Å²) in [6, 6.07) is 17.6. The van der Waals surface area contributed by atoms with E-state index in [0.717, 1.165) is 11.1 Å². The first kappa shape index (κ1) is 24.8. The number of ether oxygens (including phenoxy) is 1. The molecule has 1 N–H and O–H groups in total. The summed E-state index contributed by atoms with van der Waals surface area (Å²) in [6.45, 7) is 5.07. The average molecular weight is 502 g/mol. The molecule has 192 valence electrons. The van der Waals surface area contributed by atoms with Crippen LogP contribution in [0.4, 0.5) is 0 Å². The van der Waals surface area contributed by atoms with E-state index in [0.29, 0.717) is 42.8 Å². The third-order valence-corrected chi connectivity index (χ3v) is 7.19. The summed E-state index contributed by atoms with van der Waals surface area (Å²) in [5.74, 6) is 0.0307. The largest absolute Gasteiger partial charge is 0.467 e. The number of carbonyl (C=O) groups excluding carboxylic acids is 3. The van der Waals surface area contributed by atoms with E-state index in [9.17, 15) is 14.4 Å². The van der Waals surface area contributed by atoms with Crippen molar-refractivity contribution in [3.63, 3.8) is 0 Å². The van der Waals surface area contributed by atoms with Gasteiger partial charge in [-0.3, -0.25) is 19.3 Å². The van der Waals surface area contributed by atoms with Gasteiger partial charge in [0, 0.05) is 37.1 Å². The first-order chi connectivity index (χ1) is 17.9. The lowest BCUT2D eigenvalue weighted by Crippen LogP contribution is -2.59. The summed E-state index contributed by atoms with van der Waals surface area (Å²) >= 11 is 0. The molecule has 1 unspecified atom stereocenters. The van der Waals surface area contributed by atoms with E-state index in [1.54, 1.807) is 40.3 Å². The molecule has 2 saturated heterocycles. The van der Waals surface area contributed by atoms with Gasteiger partial charge >= 0.3 is 0 Å². The lowest BCUT2D eigenvalue weighted by atomic mass is 9.95. The smallest absolute Gasteiger partial charge is 0.256 e. The van der Waals surface area contributed by atoms with Crippen LogP contribution < -0.4 is 5.32 Å². The quantitative estimate of drug-likeness (QED) is 0.576. The number of likely N-dealkylation sites (tertiary alicyclic amines) is 1. The second kappa shape index (κ2) is 10.2. The summed E-state index contributed by atoms with van der Waals surface area (Å²) in [5.41, 5.74) is 2.25. The van der Waals surface area contributed by atoms with Crippen LogP contribution in [0.5, 0.6) is 0 Å². The van der Waals surface area contributed by atoms with Crippen LogP contribution in [0, 0.1) is 13.8 Å². The zero-order valence-corrected chi connectivity index (χ0v) is 21.1. The highest BCUT2D eigenvalue weighted by Crippen LogP contribution is 2.39. The molecule has 5 rings (SSSR count). The maximum Gasteiger partial charge on any atom is 0.256 e. The zero-order chi connectivity index (χ0) is 26.0. The standard InChI is InChI=1S/C29H31N3O5/c1-20-8-10-22(11-9-20)28(35)32-25(26(33)30-18-24-7-4-16-36-24)19-37-29(32)12-14-31(15-13-29)27(34)23-6-3-5-21(2)17-23/h3-11,16-17,25H,12-15,18-19H2,1-2H3,(H,30,33). The van der Waals surface area contributed by atoms with E-state index in [2.05, 4.69) is 5.32 Å². The second-order valence-corrected chi connectivity index (χ2v) is 9.77. The Kier molecular flexibility index (Phi) is 6.84. The number of hydrogen-bond acceptors (Lipinski definition) is 5. The molecule has 3 aromatic rings. The lowest BCUT2D eigenvalue weighted by Gasteiger charge is -2.44. The van der Waals surface area contributed by atoms with E-state index in [-0.39, 0.29) is 30.9 Å². The van der Waals surface area contributed by atoms with Crippen LogP contribution in [0.3, 0.4) is 0 Å². The summed E-state index contributed by atoms with van der Waals surface area (Å²) in [4.78, 5) is 43.6. The number of nitrogens with one attached hydrogen (secondary N) is 1. The fourth-order valence-corrected chi connectivity index (χ4v) is 5.13. The molecule has 1 spiro atoms. The molecular weight excluding hydrogens is 470 g/mol. The van der Waals surface area contributed by atoms with Gasteiger partial charge in [-0.1, -0.05) is 35.4 Å². The number of amides is 3. The van der Waals surface area contributed by atoms with Crippen molar-refractivity contribution in [1.82, 2.24) is 15.1 Å². The van der Waals surface area contributed by atoms with Crippen LogP contribution in [0.25, 0.3) is 0 Å². The molecule has 2 aliphatic heterocycles. The monoisotopic (exact) mass is 501 g/mol. The average Bonchev–Trinajstić information content (AvgIpc) is 3.56. The van der Waals surface area contributed by atoms with Crippen molar-refractivity contribution in [2.75, 3.05) is 19.7 Å². The zero-order valence-electron chi connectivity index (χ0n) is 21.1. The molecule has 0 saturated carbocycles. The van der Waals surface area contributed by atoms with E-state index in [1.165, 1.54) is 0 Å². The van der Waals surface area contributed by atoms with Gasteiger partial charge in [0.1, 0.15) is 17.5 Å². The fraction of sp³-hybridized carbons (Fsp3) is 0.345. The number of carbonyl (C=O) groups is 3. The molecule has 2 aliphatic rings. The molecule has 8 heteroatoms. The van der Waals surface area contributed by atoms with Gasteiger partial charge < -0.3 is 19.4 Å². The van der Waals surface area contributed by atoms with Gasteiger partial charge in [-0.05, 0) is 50.2 Å². The van der Waals surface area contributed by atoms with Gasteiger partial charge in [0.05, 0.1) is 19.4 Å². The molecule has 0 radical (unpaired) electrons. The number of hydrogen-bond donors (Lipinski definition) is 1. The number of benzene rings is 2. The highest BCUT2D eigenvalue weighted by Gasteiger charge is 2.54. The first-order valence-electron chi connectivity index (χ1n) is 12.6. The SMILES string of the molecule is Cc1ccc(C(=O)N2C(C(=O)NCc3ccco3)COC23CCN(C(=O)c2cccc(C)c2)CC3)cc1. The Balaban J connectivity index is 1.36. The molecular formula is C29H31N3O5. The van der Waals surface area contributed by atoms with Crippen LogP contribution in [-0.2, 0) is 16.1 Å².